The Balaban J connectivity index is 1.79. The maximum atomic E-state index is 12.5. The van der Waals surface area contributed by atoms with Gasteiger partial charge in [0.25, 0.3) is 5.91 Å². The van der Waals surface area contributed by atoms with Crippen molar-refractivity contribution in [1.82, 2.24) is 9.88 Å². The molecule has 0 spiro atoms. The molecule has 6 heteroatoms. The Hall–Kier alpha value is -3.82. The third-order valence-electron chi connectivity index (χ3n) is 5.11. The Morgan fingerprint density at radius 3 is 2.48 bits per heavy atom. The molecule has 158 valence electrons. The first kappa shape index (κ1) is 21.9. The molecule has 0 saturated carbocycles. The van der Waals surface area contributed by atoms with Crippen LogP contribution < -0.4 is 10.1 Å². The van der Waals surface area contributed by atoms with Crippen molar-refractivity contribution < 1.29 is 14.6 Å². The van der Waals surface area contributed by atoms with Crippen molar-refractivity contribution in [2.75, 3.05) is 13.7 Å². The minimum absolute atomic E-state index is 0.0183. The molecule has 0 aliphatic carbocycles. The Labute approximate surface area is 182 Å². The summed E-state index contributed by atoms with van der Waals surface area (Å²) in [5.41, 5.74) is 4.32. The Bertz CT molecular complexity index is 1120. The predicted molar refractivity (Wildman–Crippen MR) is 120 cm³/mol. The quantitative estimate of drug-likeness (QED) is 0.453. The summed E-state index contributed by atoms with van der Waals surface area (Å²) in [6.07, 6.45) is 0.734. The first-order valence-electron chi connectivity index (χ1n) is 9.91. The van der Waals surface area contributed by atoms with E-state index in [-0.39, 0.29) is 12.1 Å². The van der Waals surface area contributed by atoms with Gasteiger partial charge >= 0.3 is 0 Å². The molecule has 0 saturated heterocycles. The van der Waals surface area contributed by atoms with Crippen LogP contribution in [0.2, 0.25) is 0 Å². The largest absolute Gasteiger partial charge is 0.497 e. The van der Waals surface area contributed by atoms with Crippen LogP contribution in [0, 0.1) is 25.2 Å². The van der Waals surface area contributed by atoms with Crippen LogP contribution in [0.15, 0.2) is 66.2 Å². The van der Waals surface area contributed by atoms with Crippen molar-refractivity contribution >= 4 is 12.0 Å². The lowest BCUT2D eigenvalue weighted by molar-refractivity contribution is -0.117. The summed E-state index contributed by atoms with van der Waals surface area (Å²) >= 11 is 0. The van der Waals surface area contributed by atoms with Gasteiger partial charge in [0, 0.05) is 23.6 Å². The van der Waals surface area contributed by atoms with Gasteiger partial charge in [-0.05, 0) is 61.4 Å². The van der Waals surface area contributed by atoms with Gasteiger partial charge in [-0.15, -0.1) is 0 Å². The van der Waals surface area contributed by atoms with E-state index in [1.807, 2.05) is 68.4 Å². The zero-order valence-electron chi connectivity index (χ0n) is 17.8. The van der Waals surface area contributed by atoms with Crippen LogP contribution in [0.5, 0.6) is 5.75 Å². The number of nitrogens with zero attached hydrogens (tertiary/aromatic N) is 2. The van der Waals surface area contributed by atoms with Crippen molar-refractivity contribution in [2.45, 2.75) is 20.0 Å². The number of rotatable bonds is 7. The second-order valence-corrected chi connectivity index (χ2v) is 7.17. The van der Waals surface area contributed by atoms with Crippen LogP contribution in [-0.2, 0) is 4.79 Å². The van der Waals surface area contributed by atoms with Crippen molar-refractivity contribution in [3.8, 4) is 17.5 Å². The number of aliphatic hydroxyl groups excluding tert-OH is 1. The van der Waals surface area contributed by atoms with Gasteiger partial charge in [0.2, 0.25) is 0 Å². The van der Waals surface area contributed by atoms with Crippen LogP contribution >= 0.6 is 0 Å². The first-order valence-corrected chi connectivity index (χ1v) is 9.91. The Kier molecular flexibility index (Phi) is 6.91. The van der Waals surface area contributed by atoms with E-state index in [1.165, 1.54) is 0 Å². The lowest BCUT2D eigenvalue weighted by atomic mass is 10.1. The number of nitriles is 1. The zero-order valence-corrected chi connectivity index (χ0v) is 17.8. The second kappa shape index (κ2) is 9.79. The highest BCUT2D eigenvalue weighted by molar-refractivity contribution is 6.01. The average Bonchev–Trinajstić information content (AvgIpc) is 3.08. The van der Waals surface area contributed by atoms with Crippen molar-refractivity contribution in [3.05, 3.63) is 88.8 Å². The summed E-state index contributed by atoms with van der Waals surface area (Å²) < 4.78 is 7.27. The summed E-state index contributed by atoms with van der Waals surface area (Å²) in [7, 11) is 1.62. The van der Waals surface area contributed by atoms with E-state index in [2.05, 4.69) is 9.88 Å². The molecule has 1 heterocycles. The molecule has 1 atom stereocenters. The van der Waals surface area contributed by atoms with Gasteiger partial charge in [-0.25, -0.2) is 0 Å². The van der Waals surface area contributed by atoms with E-state index in [0.717, 1.165) is 28.4 Å². The molecule has 3 rings (SSSR count). The maximum Gasteiger partial charge on any atom is 0.262 e. The van der Waals surface area contributed by atoms with Crippen LogP contribution in [0.4, 0.5) is 0 Å². The van der Waals surface area contributed by atoms with Gasteiger partial charge in [-0.2, -0.15) is 5.26 Å². The molecular weight excluding hydrogens is 390 g/mol. The summed E-state index contributed by atoms with van der Waals surface area (Å²) in [6.45, 7) is 3.93. The molecule has 2 aromatic carbocycles. The van der Waals surface area contributed by atoms with Crippen molar-refractivity contribution in [1.29, 1.82) is 5.26 Å². The molecule has 0 fully saturated rings. The number of nitrogens with one attached hydrogen (secondary N) is 1. The molecule has 31 heavy (non-hydrogen) atoms. The lowest BCUT2D eigenvalue weighted by Gasteiger charge is -2.12. The molecule has 1 aromatic heterocycles. The Morgan fingerprint density at radius 2 is 1.87 bits per heavy atom. The van der Waals surface area contributed by atoms with E-state index < -0.39 is 12.0 Å². The van der Waals surface area contributed by atoms with Gasteiger partial charge in [0.15, 0.2) is 0 Å². The van der Waals surface area contributed by atoms with Gasteiger partial charge in [-0.1, -0.05) is 30.3 Å². The fourth-order valence-corrected chi connectivity index (χ4v) is 3.44. The van der Waals surface area contributed by atoms with Crippen molar-refractivity contribution in [3.63, 3.8) is 0 Å². The van der Waals surface area contributed by atoms with Gasteiger partial charge in [0.05, 0.1) is 13.2 Å². The number of methoxy groups -OCH3 is 1. The van der Waals surface area contributed by atoms with Gasteiger partial charge in [-0.3, -0.25) is 4.79 Å². The minimum atomic E-state index is -0.842. The van der Waals surface area contributed by atoms with E-state index in [1.54, 1.807) is 25.3 Å². The van der Waals surface area contributed by atoms with Crippen LogP contribution in [0.1, 0.15) is 28.6 Å². The maximum absolute atomic E-state index is 12.5. The topological polar surface area (TPSA) is 87.3 Å². The van der Waals surface area contributed by atoms with Gasteiger partial charge < -0.3 is 19.7 Å². The lowest BCUT2D eigenvalue weighted by Crippen LogP contribution is -2.29. The molecular formula is C25H25N3O3. The smallest absolute Gasteiger partial charge is 0.262 e. The first-order chi connectivity index (χ1) is 14.9. The van der Waals surface area contributed by atoms with Crippen LogP contribution in [0.3, 0.4) is 0 Å². The number of benzene rings is 2. The standard InChI is InChI=1S/C25H25N3O3/c1-17-13-20(18(2)28(17)22-9-11-23(31-3)12-10-22)14-21(15-26)25(30)27-16-24(29)19-7-5-4-6-8-19/h4-14,24,29H,16H2,1-3H3,(H,27,30)/b21-14-. The van der Waals surface area contributed by atoms with Crippen molar-refractivity contribution in [2.24, 2.45) is 0 Å². The molecule has 1 amide bonds. The highest BCUT2D eigenvalue weighted by Gasteiger charge is 2.15. The number of hydrogen-bond donors (Lipinski definition) is 2. The number of carbonyl (C=O) groups excluding carboxylic acids is 1. The number of aryl methyl sites for hydroxylation is 1. The third-order valence-corrected chi connectivity index (χ3v) is 5.11. The number of aliphatic hydroxyl groups is 1. The monoisotopic (exact) mass is 415 g/mol. The summed E-state index contributed by atoms with van der Waals surface area (Å²) in [6, 6.07) is 20.6. The highest BCUT2D eigenvalue weighted by atomic mass is 16.5. The molecule has 0 aliphatic rings. The zero-order chi connectivity index (χ0) is 22.4. The van der Waals surface area contributed by atoms with E-state index in [0.29, 0.717) is 5.56 Å². The minimum Gasteiger partial charge on any atom is -0.497 e. The molecule has 0 bridgehead atoms. The molecule has 0 aliphatic heterocycles. The average molecular weight is 415 g/mol. The molecule has 2 N–H and O–H groups in total. The van der Waals surface area contributed by atoms with E-state index >= 15 is 0 Å². The number of ether oxygens (including phenoxy) is 1. The van der Waals surface area contributed by atoms with Crippen LogP contribution in [0.25, 0.3) is 11.8 Å². The molecule has 6 nitrogen and oxygen atoms in total. The molecule has 3 aromatic rings. The summed E-state index contributed by atoms with van der Waals surface area (Å²) in [4.78, 5) is 12.5. The molecule has 1 unspecified atom stereocenters. The number of carbonyl (C=O) groups is 1. The SMILES string of the molecule is COc1ccc(-n2c(C)cc(/C=C(/C#N)C(=O)NCC(O)c3ccccc3)c2C)cc1. The number of aromatic nitrogens is 1. The predicted octanol–water partition coefficient (Wildman–Crippen LogP) is 3.86. The molecule has 0 radical (unpaired) electrons. The van der Waals surface area contributed by atoms with Crippen LogP contribution in [-0.4, -0.2) is 29.2 Å². The second-order valence-electron chi connectivity index (χ2n) is 7.17. The van der Waals surface area contributed by atoms with Gasteiger partial charge in [0.1, 0.15) is 17.4 Å². The normalized spacial score (nSPS) is 12.2. The fourth-order valence-electron chi connectivity index (χ4n) is 3.44. The number of amides is 1. The number of hydrogen-bond acceptors (Lipinski definition) is 4. The highest BCUT2D eigenvalue weighted by Crippen LogP contribution is 2.24. The Morgan fingerprint density at radius 1 is 1.19 bits per heavy atom. The summed E-state index contributed by atoms with van der Waals surface area (Å²) in [5.74, 6) is 0.249. The third kappa shape index (κ3) is 5.03. The van der Waals surface area contributed by atoms with E-state index in [4.69, 9.17) is 4.74 Å². The fraction of sp³-hybridized carbons (Fsp3) is 0.200. The van der Waals surface area contributed by atoms with E-state index in [9.17, 15) is 15.2 Å². The summed E-state index contributed by atoms with van der Waals surface area (Å²) in [5, 5.41) is 22.4.